The topological polar surface area (TPSA) is 82.6 Å². The molecule has 0 bridgehead atoms. The Morgan fingerprint density at radius 1 is 0.973 bits per heavy atom. The third-order valence-electron chi connectivity index (χ3n) is 8.56. The molecule has 0 radical (unpaired) electrons. The lowest BCUT2D eigenvalue weighted by Crippen LogP contribution is -2.54. The first kappa shape index (κ1) is 28.1. The lowest BCUT2D eigenvalue weighted by Gasteiger charge is -2.43. The molecule has 4 fully saturated rings. The van der Waals surface area contributed by atoms with Crippen LogP contribution in [0.25, 0.3) is 0 Å². The second-order valence-electron chi connectivity index (χ2n) is 13.3. The highest BCUT2D eigenvalue weighted by Crippen LogP contribution is 2.39. The van der Waals surface area contributed by atoms with Crippen LogP contribution in [-0.2, 0) is 19.1 Å². The number of hydrogen-bond donors (Lipinski definition) is 0. The van der Waals surface area contributed by atoms with E-state index in [0.717, 1.165) is 51.6 Å². The molecule has 0 unspecified atom stereocenters. The lowest BCUT2D eigenvalue weighted by molar-refractivity contribution is -0.147. The molecule has 1 aliphatic carbocycles. The van der Waals surface area contributed by atoms with E-state index in [2.05, 4.69) is 25.8 Å². The molecule has 3 atom stereocenters. The third kappa shape index (κ3) is 6.77. The first-order valence-electron chi connectivity index (χ1n) is 14.3. The molecule has 0 spiro atoms. The van der Waals surface area contributed by atoms with Crippen molar-refractivity contribution in [3.63, 3.8) is 0 Å². The smallest absolute Gasteiger partial charge is 0.411 e. The average Bonchev–Trinajstić information content (AvgIpc) is 3.50. The average molecular weight is 521 g/mol. The molecule has 0 aromatic heterocycles. The number of ether oxygens (including phenoxy) is 2. The molecule has 3 saturated heterocycles. The molecule has 210 valence electrons. The number of rotatable bonds is 4. The monoisotopic (exact) mass is 520 g/mol. The zero-order valence-electron chi connectivity index (χ0n) is 23.8. The van der Waals surface area contributed by atoms with Crippen LogP contribution >= 0.6 is 0 Å². The molecular formula is C28H48N4O5. The van der Waals surface area contributed by atoms with Crippen LogP contribution in [0.15, 0.2) is 0 Å². The van der Waals surface area contributed by atoms with Gasteiger partial charge in [0.15, 0.2) is 0 Å². The Balaban J connectivity index is 1.59. The van der Waals surface area contributed by atoms with E-state index < -0.39 is 23.8 Å². The van der Waals surface area contributed by atoms with E-state index >= 15 is 0 Å². The van der Waals surface area contributed by atoms with E-state index in [0.29, 0.717) is 32.7 Å². The molecule has 9 heteroatoms. The molecule has 0 N–H and O–H groups in total. The summed E-state index contributed by atoms with van der Waals surface area (Å²) < 4.78 is 11.6. The van der Waals surface area contributed by atoms with Gasteiger partial charge in [-0.2, -0.15) is 0 Å². The Labute approximate surface area is 222 Å². The summed E-state index contributed by atoms with van der Waals surface area (Å²) in [4.78, 5) is 48.7. The largest absolute Gasteiger partial charge is 0.444 e. The van der Waals surface area contributed by atoms with Crippen LogP contribution in [-0.4, -0.2) is 114 Å². The van der Waals surface area contributed by atoms with Crippen molar-refractivity contribution < 1.29 is 23.9 Å². The second-order valence-corrected chi connectivity index (χ2v) is 13.3. The van der Waals surface area contributed by atoms with Crippen molar-refractivity contribution in [3.8, 4) is 0 Å². The van der Waals surface area contributed by atoms with E-state index in [1.165, 1.54) is 0 Å². The van der Waals surface area contributed by atoms with Crippen LogP contribution in [0.2, 0.25) is 0 Å². The molecule has 0 aromatic rings. The van der Waals surface area contributed by atoms with Gasteiger partial charge in [0.25, 0.3) is 5.91 Å². The van der Waals surface area contributed by atoms with Crippen molar-refractivity contribution in [2.45, 2.75) is 109 Å². The highest BCUT2D eigenvalue weighted by atomic mass is 16.6. The number of hydrogen-bond acceptors (Lipinski definition) is 6. The highest BCUT2D eigenvalue weighted by Gasteiger charge is 2.49. The van der Waals surface area contributed by atoms with Crippen molar-refractivity contribution in [1.29, 1.82) is 0 Å². The standard InChI is InChI=1S/C28H48N4O5/c1-27(2,3)37-26(35)31-19-21(18-22(31)24(33)30-15-13-29(6)14-16-30)32(25(34)23-8-7-17-36-23)20-9-11-28(4,5)12-10-20/h20-23H,7-19H2,1-6H3/t21-,22+,23-/m0/s1. The zero-order valence-corrected chi connectivity index (χ0v) is 23.8. The van der Waals surface area contributed by atoms with Gasteiger partial charge < -0.3 is 24.2 Å². The highest BCUT2D eigenvalue weighted by molar-refractivity contribution is 5.87. The van der Waals surface area contributed by atoms with Gasteiger partial charge in [-0.05, 0) is 78.2 Å². The minimum Gasteiger partial charge on any atom is -0.444 e. The van der Waals surface area contributed by atoms with Crippen LogP contribution in [0.5, 0.6) is 0 Å². The maximum absolute atomic E-state index is 13.9. The Morgan fingerprint density at radius 3 is 2.19 bits per heavy atom. The zero-order chi connectivity index (χ0) is 27.0. The molecule has 37 heavy (non-hydrogen) atoms. The summed E-state index contributed by atoms with van der Waals surface area (Å²) >= 11 is 0. The van der Waals surface area contributed by atoms with Crippen LogP contribution in [0.1, 0.15) is 79.6 Å². The first-order valence-corrected chi connectivity index (χ1v) is 14.3. The van der Waals surface area contributed by atoms with Crippen LogP contribution in [0.4, 0.5) is 4.79 Å². The fraction of sp³-hybridized carbons (Fsp3) is 0.893. The third-order valence-corrected chi connectivity index (χ3v) is 8.56. The maximum atomic E-state index is 13.9. The quantitative estimate of drug-likeness (QED) is 0.567. The van der Waals surface area contributed by atoms with E-state index in [4.69, 9.17) is 9.47 Å². The van der Waals surface area contributed by atoms with E-state index in [-0.39, 0.29) is 29.3 Å². The molecule has 4 rings (SSSR count). The molecule has 1 saturated carbocycles. The van der Waals surface area contributed by atoms with E-state index in [1.807, 2.05) is 30.6 Å². The summed E-state index contributed by atoms with van der Waals surface area (Å²) in [6, 6.07) is -0.743. The van der Waals surface area contributed by atoms with Crippen molar-refractivity contribution in [2.75, 3.05) is 46.4 Å². The molecule has 0 aromatic carbocycles. The van der Waals surface area contributed by atoms with Crippen LogP contribution in [0.3, 0.4) is 0 Å². The predicted molar refractivity (Wildman–Crippen MR) is 141 cm³/mol. The summed E-state index contributed by atoms with van der Waals surface area (Å²) in [7, 11) is 2.06. The number of piperazine rings is 1. The van der Waals surface area contributed by atoms with Gasteiger partial charge in [0.05, 0.1) is 6.04 Å². The Hall–Kier alpha value is -1.87. The fourth-order valence-corrected chi connectivity index (χ4v) is 6.27. The summed E-state index contributed by atoms with van der Waals surface area (Å²) in [6.45, 7) is 14.0. The molecule has 3 amide bonds. The molecule has 9 nitrogen and oxygen atoms in total. The van der Waals surface area contributed by atoms with E-state index in [1.54, 1.807) is 4.90 Å². The van der Waals surface area contributed by atoms with Crippen molar-refractivity contribution in [1.82, 2.24) is 19.6 Å². The SMILES string of the molecule is CN1CCN(C(=O)[C@H]2C[C@H](N(C(=O)[C@@H]3CCCO3)C3CCC(C)(C)CC3)CN2C(=O)OC(C)(C)C)CC1. The minimum atomic E-state index is -0.668. The second kappa shape index (κ2) is 11.1. The van der Waals surface area contributed by atoms with Gasteiger partial charge in [0.2, 0.25) is 5.91 Å². The Bertz CT molecular complexity index is 832. The molecular weight excluding hydrogens is 472 g/mol. The summed E-state index contributed by atoms with van der Waals surface area (Å²) in [6.07, 6.45) is 5.16. The van der Waals surface area contributed by atoms with Crippen LogP contribution in [0, 0.1) is 5.41 Å². The Kier molecular flexibility index (Phi) is 8.43. The van der Waals surface area contributed by atoms with Gasteiger partial charge in [0.1, 0.15) is 17.7 Å². The number of carbonyl (C=O) groups excluding carboxylic acids is 3. The normalized spacial score (nSPS) is 29.4. The Morgan fingerprint density at radius 2 is 1.62 bits per heavy atom. The molecule has 3 heterocycles. The minimum absolute atomic E-state index is 0.0315. The maximum Gasteiger partial charge on any atom is 0.411 e. The lowest BCUT2D eigenvalue weighted by atomic mass is 9.75. The number of likely N-dealkylation sites (tertiary alicyclic amines) is 1. The summed E-state index contributed by atoms with van der Waals surface area (Å²) in [5, 5.41) is 0. The van der Waals surface area contributed by atoms with Gasteiger partial charge in [-0.1, -0.05) is 13.8 Å². The van der Waals surface area contributed by atoms with Crippen molar-refractivity contribution in [2.24, 2.45) is 5.41 Å². The van der Waals surface area contributed by atoms with Crippen molar-refractivity contribution in [3.05, 3.63) is 0 Å². The van der Waals surface area contributed by atoms with Crippen LogP contribution < -0.4 is 0 Å². The van der Waals surface area contributed by atoms with E-state index in [9.17, 15) is 14.4 Å². The number of carbonyl (C=O) groups is 3. The number of likely N-dealkylation sites (N-methyl/N-ethyl adjacent to an activating group) is 1. The fourth-order valence-electron chi connectivity index (χ4n) is 6.27. The van der Waals surface area contributed by atoms with Gasteiger partial charge >= 0.3 is 6.09 Å². The number of amides is 3. The van der Waals surface area contributed by atoms with Gasteiger partial charge in [-0.3, -0.25) is 14.5 Å². The summed E-state index contributed by atoms with van der Waals surface area (Å²) in [5.74, 6) is -0.000192. The summed E-state index contributed by atoms with van der Waals surface area (Å²) in [5.41, 5.74) is -0.397. The van der Waals surface area contributed by atoms with Crippen molar-refractivity contribution >= 4 is 17.9 Å². The number of nitrogens with zero attached hydrogens (tertiary/aromatic N) is 4. The molecule has 3 aliphatic heterocycles. The molecule has 4 aliphatic rings. The van der Waals surface area contributed by atoms with Gasteiger partial charge in [0, 0.05) is 45.4 Å². The van der Waals surface area contributed by atoms with Gasteiger partial charge in [-0.15, -0.1) is 0 Å². The van der Waals surface area contributed by atoms with Gasteiger partial charge in [-0.25, -0.2) is 4.79 Å². The predicted octanol–water partition coefficient (Wildman–Crippen LogP) is 3.11. The first-order chi connectivity index (χ1) is 17.3.